The van der Waals surface area contributed by atoms with Gasteiger partial charge >= 0.3 is 0 Å². The minimum Gasteiger partial charge on any atom is -0.373 e. The lowest BCUT2D eigenvalue weighted by Gasteiger charge is -2.34. The number of carbonyl (C=O) groups is 1. The van der Waals surface area contributed by atoms with Crippen LogP contribution in [0.25, 0.3) is 5.69 Å². The molecule has 4 rings (SSSR count). The Balaban J connectivity index is 1.37. The molecule has 1 N–H and O–H groups in total. The second-order valence-corrected chi connectivity index (χ2v) is 11.1. The molecule has 3 aromatic rings. The molecule has 0 radical (unpaired) electrons. The molecule has 1 aromatic heterocycles. The quantitative estimate of drug-likeness (QED) is 0.542. The SMILES string of the molecule is Cc1cc(C)n(-c2ccc(CCNC(=O)c3cccc(S(=O)(=O)N4CC(C)OC(C)C4)c3)cc2)n1. The second kappa shape index (κ2) is 10.3. The van der Waals surface area contributed by atoms with Crippen molar-refractivity contribution in [3.63, 3.8) is 0 Å². The third kappa shape index (κ3) is 5.80. The first kappa shape index (κ1) is 25.1. The Bertz CT molecular complexity index is 1290. The van der Waals surface area contributed by atoms with E-state index in [1.54, 1.807) is 12.1 Å². The molecule has 2 heterocycles. The third-order valence-electron chi connectivity index (χ3n) is 6.01. The molecule has 1 aliphatic rings. The van der Waals surface area contributed by atoms with E-state index in [2.05, 4.69) is 10.4 Å². The maximum absolute atomic E-state index is 13.1. The van der Waals surface area contributed by atoms with E-state index in [4.69, 9.17) is 4.74 Å². The van der Waals surface area contributed by atoms with Crippen molar-refractivity contribution in [2.24, 2.45) is 0 Å². The molecule has 1 saturated heterocycles. The van der Waals surface area contributed by atoms with Crippen molar-refractivity contribution >= 4 is 15.9 Å². The Hall–Kier alpha value is -3.01. The summed E-state index contributed by atoms with van der Waals surface area (Å²) in [5.74, 6) is -0.301. The maximum atomic E-state index is 13.1. The fourth-order valence-corrected chi connectivity index (χ4v) is 6.03. The van der Waals surface area contributed by atoms with Crippen LogP contribution in [-0.4, -0.2) is 60.3 Å². The Labute approximate surface area is 207 Å². The summed E-state index contributed by atoms with van der Waals surface area (Å²) in [5.41, 5.74) is 4.44. The summed E-state index contributed by atoms with van der Waals surface area (Å²) in [4.78, 5) is 12.8. The van der Waals surface area contributed by atoms with E-state index in [1.807, 2.05) is 62.7 Å². The Morgan fingerprint density at radius 3 is 2.37 bits per heavy atom. The predicted molar refractivity (Wildman–Crippen MR) is 134 cm³/mol. The normalized spacial score (nSPS) is 19.0. The van der Waals surface area contributed by atoms with Gasteiger partial charge in [-0.25, -0.2) is 13.1 Å². The van der Waals surface area contributed by atoms with Crippen molar-refractivity contribution in [3.8, 4) is 5.69 Å². The van der Waals surface area contributed by atoms with Gasteiger partial charge in [-0.15, -0.1) is 0 Å². The number of sulfonamides is 1. The average molecular weight is 497 g/mol. The number of benzene rings is 2. The molecule has 0 aliphatic carbocycles. The standard InChI is InChI=1S/C26H32N4O4S/c1-18-14-19(2)30(28-18)24-10-8-22(9-11-24)12-13-27-26(31)23-6-5-7-25(15-23)35(32,33)29-16-20(3)34-21(4)17-29/h5-11,14-15,20-21H,12-13,16-17H2,1-4H3,(H,27,31). The number of aromatic nitrogens is 2. The molecule has 35 heavy (non-hydrogen) atoms. The van der Waals surface area contributed by atoms with Gasteiger partial charge in [0.05, 0.1) is 28.5 Å². The molecule has 1 aliphatic heterocycles. The topological polar surface area (TPSA) is 93.5 Å². The molecule has 2 unspecified atom stereocenters. The van der Waals surface area contributed by atoms with Gasteiger partial charge in [-0.1, -0.05) is 18.2 Å². The fourth-order valence-electron chi connectivity index (χ4n) is 4.39. The van der Waals surface area contributed by atoms with Crippen LogP contribution in [0.3, 0.4) is 0 Å². The number of hydrogen-bond acceptors (Lipinski definition) is 5. The minimum absolute atomic E-state index is 0.117. The van der Waals surface area contributed by atoms with Crippen molar-refractivity contribution in [2.75, 3.05) is 19.6 Å². The smallest absolute Gasteiger partial charge is 0.251 e. The van der Waals surface area contributed by atoms with Crippen LogP contribution >= 0.6 is 0 Å². The van der Waals surface area contributed by atoms with E-state index in [0.717, 1.165) is 22.6 Å². The van der Waals surface area contributed by atoms with Crippen molar-refractivity contribution in [3.05, 3.63) is 77.1 Å². The zero-order valence-electron chi connectivity index (χ0n) is 20.6. The molecular weight excluding hydrogens is 464 g/mol. The van der Waals surface area contributed by atoms with Crippen LogP contribution in [0.5, 0.6) is 0 Å². The number of carbonyl (C=O) groups excluding carboxylic acids is 1. The monoisotopic (exact) mass is 496 g/mol. The van der Waals surface area contributed by atoms with Crippen molar-refractivity contribution in [2.45, 2.75) is 51.2 Å². The maximum Gasteiger partial charge on any atom is 0.251 e. The Kier molecular flexibility index (Phi) is 7.39. The summed E-state index contributed by atoms with van der Waals surface area (Å²) in [6, 6.07) is 16.3. The van der Waals surface area contributed by atoms with Gasteiger partial charge in [0.1, 0.15) is 0 Å². The first-order chi connectivity index (χ1) is 16.6. The lowest BCUT2D eigenvalue weighted by atomic mass is 10.1. The number of morpholine rings is 1. The van der Waals surface area contributed by atoms with Gasteiger partial charge in [-0.2, -0.15) is 9.40 Å². The summed E-state index contributed by atoms with van der Waals surface area (Å²) in [6.45, 7) is 8.72. The third-order valence-corrected chi connectivity index (χ3v) is 7.84. The number of ether oxygens (including phenoxy) is 1. The number of nitrogens with zero attached hydrogens (tertiary/aromatic N) is 3. The molecule has 0 saturated carbocycles. The van der Waals surface area contributed by atoms with E-state index in [-0.39, 0.29) is 23.0 Å². The lowest BCUT2D eigenvalue weighted by molar-refractivity contribution is -0.0440. The molecule has 186 valence electrons. The molecule has 2 aromatic carbocycles. The van der Waals surface area contributed by atoms with Crippen LogP contribution in [0.2, 0.25) is 0 Å². The summed E-state index contributed by atoms with van der Waals surface area (Å²) >= 11 is 0. The first-order valence-corrected chi connectivity index (χ1v) is 13.2. The van der Waals surface area contributed by atoms with Crippen molar-refractivity contribution in [1.82, 2.24) is 19.4 Å². The van der Waals surface area contributed by atoms with Gasteiger partial charge in [0.2, 0.25) is 10.0 Å². The highest BCUT2D eigenvalue weighted by Gasteiger charge is 2.32. The van der Waals surface area contributed by atoms with Crippen LogP contribution < -0.4 is 5.32 Å². The highest BCUT2D eigenvalue weighted by Crippen LogP contribution is 2.22. The van der Waals surface area contributed by atoms with Gasteiger partial charge in [0, 0.05) is 30.9 Å². The highest BCUT2D eigenvalue weighted by atomic mass is 32.2. The zero-order valence-corrected chi connectivity index (χ0v) is 21.4. The van der Waals surface area contributed by atoms with Crippen LogP contribution in [-0.2, 0) is 21.2 Å². The average Bonchev–Trinajstić information content (AvgIpc) is 3.16. The van der Waals surface area contributed by atoms with Gasteiger partial charge < -0.3 is 10.1 Å². The number of amides is 1. The molecule has 9 heteroatoms. The van der Waals surface area contributed by atoms with Crippen LogP contribution in [0.15, 0.2) is 59.5 Å². The summed E-state index contributed by atoms with van der Waals surface area (Å²) < 4.78 is 35.3. The molecule has 8 nitrogen and oxygen atoms in total. The molecule has 1 fully saturated rings. The van der Waals surface area contributed by atoms with E-state index in [9.17, 15) is 13.2 Å². The summed E-state index contributed by atoms with van der Waals surface area (Å²) in [7, 11) is -3.71. The second-order valence-electron chi connectivity index (χ2n) is 9.12. The van der Waals surface area contributed by atoms with Gasteiger partial charge in [0.15, 0.2) is 0 Å². The first-order valence-electron chi connectivity index (χ1n) is 11.8. The van der Waals surface area contributed by atoms with E-state index in [0.29, 0.717) is 31.6 Å². The Morgan fingerprint density at radius 1 is 1.06 bits per heavy atom. The van der Waals surface area contributed by atoms with Crippen molar-refractivity contribution in [1.29, 1.82) is 0 Å². The number of hydrogen-bond donors (Lipinski definition) is 1. The fraction of sp³-hybridized carbons (Fsp3) is 0.385. The van der Waals surface area contributed by atoms with E-state index >= 15 is 0 Å². The molecule has 0 bridgehead atoms. The Morgan fingerprint density at radius 2 is 1.74 bits per heavy atom. The van der Waals surface area contributed by atoms with Gasteiger partial charge in [-0.3, -0.25) is 4.79 Å². The van der Waals surface area contributed by atoms with Crippen molar-refractivity contribution < 1.29 is 17.9 Å². The minimum atomic E-state index is -3.71. The van der Waals surface area contributed by atoms with Crippen LogP contribution in [0.4, 0.5) is 0 Å². The predicted octanol–water partition coefficient (Wildman–Crippen LogP) is 3.26. The summed E-state index contributed by atoms with van der Waals surface area (Å²) in [6.07, 6.45) is 0.300. The largest absolute Gasteiger partial charge is 0.373 e. The van der Waals surface area contributed by atoms with Gasteiger partial charge in [-0.05, 0) is 76.1 Å². The van der Waals surface area contributed by atoms with E-state index < -0.39 is 10.0 Å². The highest BCUT2D eigenvalue weighted by molar-refractivity contribution is 7.89. The summed E-state index contributed by atoms with van der Waals surface area (Å²) in [5, 5.41) is 7.39. The van der Waals surface area contributed by atoms with Crippen LogP contribution in [0.1, 0.15) is 41.2 Å². The van der Waals surface area contributed by atoms with Gasteiger partial charge in [0.25, 0.3) is 5.91 Å². The van der Waals surface area contributed by atoms with E-state index in [1.165, 1.54) is 16.4 Å². The number of aryl methyl sites for hydroxylation is 2. The molecular formula is C26H32N4O4S. The zero-order chi connectivity index (χ0) is 25.2. The molecule has 1 amide bonds. The lowest BCUT2D eigenvalue weighted by Crippen LogP contribution is -2.48. The molecule has 0 spiro atoms. The number of rotatable bonds is 7. The number of nitrogens with one attached hydrogen (secondary N) is 1. The molecule has 2 atom stereocenters. The van der Waals surface area contributed by atoms with Crippen LogP contribution in [0, 0.1) is 13.8 Å².